The number of rotatable bonds is 2. The minimum Gasteiger partial charge on any atom is -0.308 e. The van der Waals surface area contributed by atoms with Gasteiger partial charge >= 0.3 is 0 Å². The fraction of sp³-hybridized carbons (Fsp3) is 0.462. The first-order valence-electron chi connectivity index (χ1n) is 6.01. The first-order chi connectivity index (χ1) is 8.20. The molecule has 17 heavy (non-hydrogen) atoms. The van der Waals surface area contributed by atoms with Crippen LogP contribution in [0.3, 0.4) is 0 Å². The van der Waals surface area contributed by atoms with Crippen molar-refractivity contribution >= 4 is 5.84 Å². The second-order valence-electron chi connectivity index (χ2n) is 4.52. The number of aliphatic imine (C=N–C) groups is 1. The summed E-state index contributed by atoms with van der Waals surface area (Å²) in [7, 11) is 0. The van der Waals surface area contributed by atoms with Crippen LogP contribution in [0.5, 0.6) is 0 Å². The highest BCUT2D eigenvalue weighted by Gasteiger charge is 2.15. The summed E-state index contributed by atoms with van der Waals surface area (Å²) in [6, 6.07) is 5.27. The lowest BCUT2D eigenvalue weighted by Gasteiger charge is -2.10. The largest absolute Gasteiger partial charge is 0.308 e. The Bertz CT molecular complexity index is 423. The lowest BCUT2D eigenvalue weighted by atomic mass is 10.1. The molecule has 0 aliphatic heterocycles. The van der Waals surface area contributed by atoms with E-state index in [1.54, 1.807) is 19.1 Å². The zero-order valence-electron chi connectivity index (χ0n) is 10.0. The average molecular weight is 235 g/mol. The standard InChI is InChI=1S/C13H18FN3/c1-9-8-10(6-7-12(9)14)13(17-15)16-11-4-2-3-5-11/h6-8,11H,2-5,15H2,1H3,(H,16,17). The van der Waals surface area contributed by atoms with Crippen LogP contribution >= 0.6 is 0 Å². The Morgan fingerprint density at radius 1 is 1.41 bits per heavy atom. The van der Waals surface area contributed by atoms with Crippen LogP contribution in [0, 0.1) is 12.7 Å². The van der Waals surface area contributed by atoms with Crippen LogP contribution in [0.4, 0.5) is 4.39 Å². The normalized spacial score (nSPS) is 17.5. The summed E-state index contributed by atoms with van der Waals surface area (Å²) in [6.45, 7) is 1.74. The third-order valence-corrected chi connectivity index (χ3v) is 3.20. The number of amidine groups is 1. The number of nitrogens with zero attached hydrogens (tertiary/aromatic N) is 1. The average Bonchev–Trinajstić information content (AvgIpc) is 2.82. The second kappa shape index (κ2) is 5.27. The summed E-state index contributed by atoms with van der Waals surface area (Å²) in [6.07, 6.45) is 4.69. The summed E-state index contributed by atoms with van der Waals surface area (Å²) in [5, 5.41) is 0. The summed E-state index contributed by atoms with van der Waals surface area (Å²) in [5.74, 6) is 5.95. The predicted molar refractivity (Wildman–Crippen MR) is 67.3 cm³/mol. The lowest BCUT2D eigenvalue weighted by molar-refractivity contribution is 0.618. The van der Waals surface area contributed by atoms with E-state index in [2.05, 4.69) is 10.4 Å². The molecular weight excluding hydrogens is 217 g/mol. The maximum absolute atomic E-state index is 13.2. The molecule has 0 bridgehead atoms. The van der Waals surface area contributed by atoms with Gasteiger partial charge in [-0.1, -0.05) is 12.8 Å². The van der Waals surface area contributed by atoms with Crippen molar-refractivity contribution in [1.82, 2.24) is 5.43 Å². The molecule has 1 aromatic carbocycles. The fourth-order valence-electron chi connectivity index (χ4n) is 2.20. The Morgan fingerprint density at radius 2 is 2.12 bits per heavy atom. The molecule has 1 fully saturated rings. The number of aryl methyl sites for hydroxylation is 1. The molecule has 0 heterocycles. The molecule has 0 unspecified atom stereocenters. The Morgan fingerprint density at radius 3 is 2.71 bits per heavy atom. The van der Waals surface area contributed by atoms with Crippen molar-refractivity contribution in [3.8, 4) is 0 Å². The maximum atomic E-state index is 13.2. The second-order valence-corrected chi connectivity index (χ2v) is 4.52. The van der Waals surface area contributed by atoms with E-state index in [4.69, 9.17) is 5.84 Å². The van der Waals surface area contributed by atoms with Gasteiger partial charge in [0.05, 0.1) is 6.04 Å². The van der Waals surface area contributed by atoms with E-state index in [-0.39, 0.29) is 5.82 Å². The number of hydrogen-bond acceptors (Lipinski definition) is 2. The summed E-state index contributed by atoms with van der Waals surface area (Å²) < 4.78 is 13.2. The third kappa shape index (κ3) is 2.82. The first kappa shape index (κ1) is 12.0. The molecule has 1 aromatic rings. The molecular formula is C13H18FN3. The number of nitrogens with two attached hydrogens (primary N) is 1. The highest BCUT2D eigenvalue weighted by Crippen LogP contribution is 2.21. The Kier molecular flexibility index (Phi) is 3.74. The van der Waals surface area contributed by atoms with Gasteiger partial charge in [0, 0.05) is 5.56 Å². The van der Waals surface area contributed by atoms with E-state index in [0.717, 1.165) is 18.4 Å². The van der Waals surface area contributed by atoms with Gasteiger partial charge in [0.25, 0.3) is 0 Å². The van der Waals surface area contributed by atoms with Crippen LogP contribution in [0.1, 0.15) is 36.8 Å². The van der Waals surface area contributed by atoms with Gasteiger partial charge in [0.2, 0.25) is 0 Å². The topological polar surface area (TPSA) is 50.4 Å². The van der Waals surface area contributed by atoms with Crippen LogP contribution in [0.25, 0.3) is 0 Å². The van der Waals surface area contributed by atoms with E-state index >= 15 is 0 Å². The van der Waals surface area contributed by atoms with Gasteiger partial charge in [-0.25, -0.2) is 10.2 Å². The number of nitrogens with one attached hydrogen (secondary N) is 1. The number of halogens is 1. The van der Waals surface area contributed by atoms with Crippen LogP contribution in [-0.2, 0) is 0 Å². The monoisotopic (exact) mass is 235 g/mol. The zero-order valence-corrected chi connectivity index (χ0v) is 10.0. The predicted octanol–water partition coefficient (Wildman–Crippen LogP) is 2.29. The zero-order chi connectivity index (χ0) is 12.3. The number of hydrogen-bond donors (Lipinski definition) is 2. The van der Waals surface area contributed by atoms with Crippen LogP contribution in [0.15, 0.2) is 23.2 Å². The summed E-state index contributed by atoms with van der Waals surface area (Å²) in [4.78, 5) is 4.59. The summed E-state index contributed by atoms with van der Waals surface area (Å²) >= 11 is 0. The molecule has 0 saturated heterocycles. The SMILES string of the molecule is Cc1cc(C(=NC2CCCC2)NN)ccc1F. The van der Waals surface area contributed by atoms with Crippen molar-refractivity contribution in [1.29, 1.82) is 0 Å². The van der Waals surface area contributed by atoms with Crippen LogP contribution in [-0.4, -0.2) is 11.9 Å². The molecule has 1 aliphatic rings. The molecule has 0 amide bonds. The molecule has 1 aliphatic carbocycles. The smallest absolute Gasteiger partial charge is 0.142 e. The fourth-order valence-corrected chi connectivity index (χ4v) is 2.20. The minimum atomic E-state index is -0.203. The molecule has 3 nitrogen and oxygen atoms in total. The Labute approximate surface area is 101 Å². The van der Waals surface area contributed by atoms with Crippen molar-refractivity contribution in [2.24, 2.45) is 10.8 Å². The number of benzene rings is 1. The molecule has 2 rings (SSSR count). The van der Waals surface area contributed by atoms with Crippen molar-refractivity contribution in [3.05, 3.63) is 35.1 Å². The molecule has 0 radical (unpaired) electrons. The first-order valence-corrected chi connectivity index (χ1v) is 6.01. The van der Waals surface area contributed by atoms with Crippen LogP contribution < -0.4 is 11.3 Å². The number of hydrazine groups is 1. The Balaban J connectivity index is 2.24. The molecule has 0 atom stereocenters. The van der Waals surface area contributed by atoms with Gasteiger partial charge in [-0.05, 0) is 43.5 Å². The summed E-state index contributed by atoms with van der Waals surface area (Å²) in [5.41, 5.74) is 4.07. The highest BCUT2D eigenvalue weighted by atomic mass is 19.1. The van der Waals surface area contributed by atoms with Crippen molar-refractivity contribution in [3.63, 3.8) is 0 Å². The molecule has 1 saturated carbocycles. The van der Waals surface area contributed by atoms with Gasteiger partial charge in [0.1, 0.15) is 11.7 Å². The molecule has 92 valence electrons. The minimum absolute atomic E-state index is 0.203. The van der Waals surface area contributed by atoms with Crippen LogP contribution in [0.2, 0.25) is 0 Å². The molecule has 0 spiro atoms. The molecule has 0 aromatic heterocycles. The van der Waals surface area contributed by atoms with E-state index < -0.39 is 0 Å². The van der Waals surface area contributed by atoms with Gasteiger partial charge in [-0.3, -0.25) is 4.99 Å². The quantitative estimate of drug-likeness (QED) is 0.357. The molecule has 4 heteroatoms. The van der Waals surface area contributed by atoms with Crippen molar-refractivity contribution < 1.29 is 4.39 Å². The van der Waals surface area contributed by atoms with E-state index in [1.807, 2.05) is 0 Å². The highest BCUT2D eigenvalue weighted by molar-refractivity contribution is 5.98. The lowest BCUT2D eigenvalue weighted by Crippen LogP contribution is -2.32. The maximum Gasteiger partial charge on any atom is 0.142 e. The van der Waals surface area contributed by atoms with Crippen molar-refractivity contribution in [2.75, 3.05) is 0 Å². The van der Waals surface area contributed by atoms with Gasteiger partial charge in [-0.2, -0.15) is 0 Å². The van der Waals surface area contributed by atoms with E-state index in [0.29, 0.717) is 17.4 Å². The van der Waals surface area contributed by atoms with Gasteiger partial charge in [-0.15, -0.1) is 0 Å². The van der Waals surface area contributed by atoms with Crippen molar-refractivity contribution in [2.45, 2.75) is 38.6 Å². The third-order valence-electron chi connectivity index (χ3n) is 3.20. The van der Waals surface area contributed by atoms with Gasteiger partial charge < -0.3 is 5.43 Å². The van der Waals surface area contributed by atoms with Gasteiger partial charge in [0.15, 0.2) is 0 Å². The Hall–Kier alpha value is -1.42. The van der Waals surface area contributed by atoms with E-state index in [1.165, 1.54) is 18.9 Å². The van der Waals surface area contributed by atoms with E-state index in [9.17, 15) is 4.39 Å². The molecule has 3 N–H and O–H groups in total.